The second-order valence-corrected chi connectivity index (χ2v) is 8.75. The van der Waals surface area contributed by atoms with Crippen LogP contribution in [0.1, 0.15) is 52.4 Å². The molecule has 1 unspecified atom stereocenters. The Bertz CT molecular complexity index is 391. The molecular formula is C14H24O3S. The van der Waals surface area contributed by atoms with E-state index in [4.69, 9.17) is 4.18 Å². The first-order valence-electron chi connectivity index (χ1n) is 7.33. The minimum atomic E-state index is -3.31. The Morgan fingerprint density at radius 3 is 1.94 bits per heavy atom. The van der Waals surface area contributed by atoms with E-state index in [-0.39, 0.29) is 17.3 Å². The minimum absolute atomic E-state index is 0.0870. The van der Waals surface area contributed by atoms with Gasteiger partial charge in [0, 0.05) is 0 Å². The molecule has 0 aromatic rings. The van der Waals surface area contributed by atoms with Gasteiger partial charge in [-0.05, 0) is 75.5 Å². The molecule has 0 aromatic heterocycles. The first-order valence-corrected chi connectivity index (χ1v) is 8.91. The van der Waals surface area contributed by atoms with Crippen molar-refractivity contribution in [1.29, 1.82) is 0 Å². The summed E-state index contributed by atoms with van der Waals surface area (Å²) in [5, 5.41) is 0. The predicted octanol–water partition coefficient (Wildman–Crippen LogP) is 2.96. The summed E-state index contributed by atoms with van der Waals surface area (Å²) >= 11 is 0. The Morgan fingerprint density at radius 1 is 1.11 bits per heavy atom. The maximum Gasteiger partial charge on any atom is 0.267 e. The third-order valence-corrected chi connectivity index (χ3v) is 6.88. The smallest absolute Gasteiger partial charge is 0.266 e. The van der Waals surface area contributed by atoms with E-state index >= 15 is 0 Å². The first kappa shape index (κ1) is 12.9. The Hall–Kier alpha value is -0.0900. The summed E-state index contributed by atoms with van der Waals surface area (Å²) in [7, 11) is -3.31. The fourth-order valence-electron chi connectivity index (χ4n) is 5.07. The van der Waals surface area contributed by atoms with Gasteiger partial charge in [0.2, 0.25) is 0 Å². The highest BCUT2D eigenvalue weighted by Crippen LogP contribution is 2.61. The Balaban J connectivity index is 1.79. The van der Waals surface area contributed by atoms with Crippen LogP contribution in [-0.4, -0.2) is 20.3 Å². The Labute approximate surface area is 110 Å². The molecule has 0 aliphatic heterocycles. The number of rotatable bonds is 4. The highest BCUT2D eigenvalue weighted by molar-refractivity contribution is 7.86. The molecule has 0 spiro atoms. The van der Waals surface area contributed by atoms with Crippen LogP contribution in [0, 0.1) is 23.2 Å². The highest BCUT2D eigenvalue weighted by Gasteiger charge is 2.54. The second-order valence-electron chi connectivity index (χ2n) is 6.86. The minimum Gasteiger partial charge on any atom is -0.266 e. The molecule has 1 atom stereocenters. The monoisotopic (exact) mass is 272 g/mol. The van der Waals surface area contributed by atoms with Crippen LogP contribution in [0.15, 0.2) is 0 Å². The van der Waals surface area contributed by atoms with E-state index in [1.165, 1.54) is 38.5 Å². The maximum atomic E-state index is 11.7. The molecule has 0 saturated heterocycles. The van der Waals surface area contributed by atoms with Crippen molar-refractivity contribution < 1.29 is 12.6 Å². The lowest BCUT2D eigenvalue weighted by Crippen LogP contribution is -2.52. The molecule has 4 aliphatic carbocycles. The quantitative estimate of drug-likeness (QED) is 0.739. The van der Waals surface area contributed by atoms with Gasteiger partial charge in [0.1, 0.15) is 0 Å². The zero-order valence-electron chi connectivity index (χ0n) is 11.4. The zero-order chi connectivity index (χ0) is 13.0. The lowest BCUT2D eigenvalue weighted by molar-refractivity contribution is -0.104. The SMILES string of the molecule is CCS(=O)(=O)OC(C)C12CC3CC(CC(C3)C1)C2. The van der Waals surface area contributed by atoms with Gasteiger partial charge in [-0.1, -0.05) is 0 Å². The molecule has 0 N–H and O–H groups in total. The second kappa shape index (κ2) is 4.20. The zero-order valence-corrected chi connectivity index (χ0v) is 12.2. The van der Waals surface area contributed by atoms with Crippen LogP contribution in [-0.2, 0) is 14.3 Å². The van der Waals surface area contributed by atoms with Crippen molar-refractivity contribution in [2.75, 3.05) is 5.75 Å². The van der Waals surface area contributed by atoms with Crippen molar-refractivity contribution in [2.45, 2.75) is 58.5 Å². The van der Waals surface area contributed by atoms with Gasteiger partial charge in [-0.25, -0.2) is 0 Å². The van der Waals surface area contributed by atoms with E-state index < -0.39 is 10.1 Å². The topological polar surface area (TPSA) is 43.4 Å². The normalized spacial score (nSPS) is 44.2. The molecule has 18 heavy (non-hydrogen) atoms. The largest absolute Gasteiger partial charge is 0.267 e. The van der Waals surface area contributed by atoms with E-state index in [0.717, 1.165) is 17.8 Å². The van der Waals surface area contributed by atoms with Crippen molar-refractivity contribution in [2.24, 2.45) is 23.2 Å². The van der Waals surface area contributed by atoms with Gasteiger partial charge in [-0.3, -0.25) is 4.18 Å². The van der Waals surface area contributed by atoms with Crippen molar-refractivity contribution in [1.82, 2.24) is 0 Å². The molecule has 4 aliphatic rings. The van der Waals surface area contributed by atoms with Gasteiger partial charge in [0.25, 0.3) is 10.1 Å². The average Bonchev–Trinajstić information content (AvgIpc) is 2.26. The van der Waals surface area contributed by atoms with E-state index in [1.54, 1.807) is 6.92 Å². The van der Waals surface area contributed by atoms with E-state index in [2.05, 4.69) is 0 Å². The van der Waals surface area contributed by atoms with Gasteiger partial charge >= 0.3 is 0 Å². The van der Waals surface area contributed by atoms with E-state index in [0.29, 0.717) is 0 Å². The van der Waals surface area contributed by atoms with Gasteiger partial charge < -0.3 is 0 Å². The third kappa shape index (κ3) is 2.11. The van der Waals surface area contributed by atoms with Crippen molar-refractivity contribution >= 4 is 10.1 Å². The number of hydrogen-bond acceptors (Lipinski definition) is 3. The third-order valence-electron chi connectivity index (χ3n) is 5.59. The van der Waals surface area contributed by atoms with Crippen LogP contribution in [0.5, 0.6) is 0 Å². The molecule has 0 aromatic carbocycles. The van der Waals surface area contributed by atoms with Crippen LogP contribution < -0.4 is 0 Å². The van der Waals surface area contributed by atoms with Crippen LogP contribution in [0.2, 0.25) is 0 Å². The summed E-state index contributed by atoms with van der Waals surface area (Å²) in [5.74, 6) is 2.61. The summed E-state index contributed by atoms with van der Waals surface area (Å²) in [6, 6.07) is 0. The summed E-state index contributed by atoms with van der Waals surface area (Å²) in [5.41, 5.74) is 0.164. The number of hydrogen-bond donors (Lipinski definition) is 0. The molecular weight excluding hydrogens is 248 g/mol. The molecule has 0 amide bonds. The average molecular weight is 272 g/mol. The fraction of sp³-hybridized carbons (Fsp3) is 1.00. The van der Waals surface area contributed by atoms with Crippen LogP contribution in [0.25, 0.3) is 0 Å². The highest BCUT2D eigenvalue weighted by atomic mass is 32.2. The Morgan fingerprint density at radius 2 is 1.56 bits per heavy atom. The summed E-state index contributed by atoms with van der Waals surface area (Å²) in [6.45, 7) is 3.64. The van der Waals surface area contributed by atoms with Gasteiger partial charge in [0.05, 0.1) is 11.9 Å². The molecule has 4 rings (SSSR count). The van der Waals surface area contributed by atoms with Crippen LogP contribution in [0.3, 0.4) is 0 Å². The lowest BCUT2D eigenvalue weighted by atomic mass is 9.48. The first-order chi connectivity index (χ1) is 8.42. The van der Waals surface area contributed by atoms with Crippen LogP contribution in [0.4, 0.5) is 0 Å². The summed E-state index contributed by atoms with van der Waals surface area (Å²) in [6.07, 6.45) is 7.60. The summed E-state index contributed by atoms with van der Waals surface area (Å²) in [4.78, 5) is 0. The molecule has 104 valence electrons. The maximum absolute atomic E-state index is 11.7. The van der Waals surface area contributed by atoms with Gasteiger partial charge in [-0.2, -0.15) is 8.42 Å². The molecule has 0 radical (unpaired) electrons. The fourth-order valence-corrected chi connectivity index (χ4v) is 5.85. The molecule has 3 nitrogen and oxygen atoms in total. The van der Waals surface area contributed by atoms with E-state index in [9.17, 15) is 8.42 Å². The van der Waals surface area contributed by atoms with E-state index in [1.807, 2.05) is 6.92 Å². The predicted molar refractivity (Wildman–Crippen MR) is 70.6 cm³/mol. The Kier molecular flexibility index (Phi) is 3.02. The lowest BCUT2D eigenvalue weighted by Gasteiger charge is -2.58. The molecule has 4 saturated carbocycles. The van der Waals surface area contributed by atoms with Crippen molar-refractivity contribution in [3.63, 3.8) is 0 Å². The van der Waals surface area contributed by atoms with Gasteiger partial charge in [0.15, 0.2) is 0 Å². The molecule has 4 heteroatoms. The summed E-state index contributed by atoms with van der Waals surface area (Å²) < 4.78 is 28.8. The van der Waals surface area contributed by atoms with Crippen molar-refractivity contribution in [3.8, 4) is 0 Å². The molecule has 4 fully saturated rings. The van der Waals surface area contributed by atoms with Gasteiger partial charge in [-0.15, -0.1) is 0 Å². The molecule has 4 bridgehead atoms. The molecule has 0 heterocycles. The van der Waals surface area contributed by atoms with Crippen molar-refractivity contribution in [3.05, 3.63) is 0 Å². The van der Waals surface area contributed by atoms with Crippen LogP contribution >= 0.6 is 0 Å². The standard InChI is InChI=1S/C14H24O3S/c1-3-18(15,16)17-10(2)14-7-11-4-12(8-14)6-13(5-11)9-14/h10-13H,3-9H2,1-2H3.